The first-order chi connectivity index (χ1) is 39.7. The Labute approximate surface area is 493 Å². The molecule has 26 heteroatoms. The van der Waals surface area contributed by atoms with Crippen LogP contribution in [0.15, 0.2) is 47.4 Å². The van der Waals surface area contributed by atoms with Crippen molar-refractivity contribution < 1.29 is 89.1 Å². The van der Waals surface area contributed by atoms with Crippen LogP contribution < -0.4 is 31.7 Å². The summed E-state index contributed by atoms with van der Waals surface area (Å²) in [7, 11) is 1.28. The number of nitrogens with one attached hydrogen (secondary N) is 4. The minimum Gasteiger partial charge on any atom is -0.508 e. The number of ketones is 1. The second-order valence-corrected chi connectivity index (χ2v) is 24.0. The van der Waals surface area contributed by atoms with Crippen molar-refractivity contribution in [1.82, 2.24) is 31.1 Å². The maximum Gasteiger partial charge on any atom is 0.248 e. The monoisotopic (exact) mass is 1200 g/mol. The topological polar surface area (TPSA) is 408 Å². The predicted molar refractivity (Wildman–Crippen MR) is 305 cm³/mol. The Morgan fingerprint density at radius 2 is 1.40 bits per heavy atom. The molecule has 84 heavy (non-hydrogen) atoms. The number of thioether (sulfide) groups is 1. The van der Waals surface area contributed by atoms with E-state index in [2.05, 4.69) is 42.0 Å². The van der Waals surface area contributed by atoms with Gasteiger partial charge in [-0.1, -0.05) is 89.6 Å². The number of aliphatic hydroxyl groups excluding tert-OH is 7. The highest BCUT2D eigenvalue weighted by atomic mass is 32.2. The fourth-order valence-electron chi connectivity index (χ4n) is 11.1. The number of Topliss-reactive ketones (excluding diaryl/α,β-unsaturated/α-hetero) is 1. The van der Waals surface area contributed by atoms with Gasteiger partial charge in [-0.2, -0.15) is 0 Å². The van der Waals surface area contributed by atoms with Crippen LogP contribution in [-0.4, -0.2) is 195 Å². The van der Waals surface area contributed by atoms with E-state index in [1.54, 1.807) is 0 Å². The van der Waals surface area contributed by atoms with Crippen LogP contribution in [0.1, 0.15) is 136 Å². The number of amides is 7. The van der Waals surface area contributed by atoms with Crippen LogP contribution in [0.4, 0.5) is 0 Å². The lowest BCUT2D eigenvalue weighted by molar-refractivity contribution is -0.149. The lowest BCUT2D eigenvalue weighted by Crippen LogP contribution is -2.61. The molecule has 0 aromatic heterocycles. The Balaban J connectivity index is 1.57. The van der Waals surface area contributed by atoms with Gasteiger partial charge in [-0.05, 0) is 67.9 Å². The number of fused-ring (bicyclic) bond motifs is 2. The number of ether oxygens (including phenoxy) is 1. The molecular formula is C58H87N7O18S. The summed E-state index contributed by atoms with van der Waals surface area (Å²) in [6, 6.07) is -0.819. The van der Waals surface area contributed by atoms with Crippen molar-refractivity contribution in [3.05, 3.63) is 48.0 Å². The molecule has 3 fully saturated rings. The average molecular weight is 1200 g/mol. The summed E-state index contributed by atoms with van der Waals surface area (Å²) in [6.45, 7) is 6.87. The molecule has 3 aliphatic heterocycles. The molecule has 3 saturated heterocycles. The molecule has 25 nitrogen and oxygen atoms in total. The Morgan fingerprint density at radius 1 is 0.774 bits per heavy atom. The number of primary amides is 1. The molecule has 2 aromatic carbocycles. The van der Waals surface area contributed by atoms with E-state index in [4.69, 9.17) is 10.5 Å². The molecule has 0 bridgehead atoms. The normalized spacial score (nSPS) is 27.2. The van der Waals surface area contributed by atoms with Gasteiger partial charge in [-0.15, -0.1) is 0 Å². The van der Waals surface area contributed by atoms with Crippen molar-refractivity contribution in [3.8, 4) is 17.2 Å². The number of carbonyl (C=O) groups is 8. The third kappa shape index (κ3) is 19.2. The average Bonchev–Trinajstić information content (AvgIpc) is 4.16. The molecule has 0 spiro atoms. The maximum atomic E-state index is 14.8. The first-order valence-electron chi connectivity index (χ1n) is 29.0. The number of unbranched alkanes of at least 4 members (excludes halogenated alkanes) is 5. The van der Waals surface area contributed by atoms with Crippen LogP contribution >= 0.6 is 11.8 Å². The molecule has 2 aromatic rings. The number of carbonyl (C=O) groups excluding carboxylic acids is 8. The summed E-state index contributed by atoms with van der Waals surface area (Å²) in [4.78, 5) is 116. The first kappa shape index (κ1) is 68.6. The number of phenolic OH excluding ortho intramolecular Hbond substituents is 2. The van der Waals surface area contributed by atoms with Gasteiger partial charge in [0, 0.05) is 44.8 Å². The predicted octanol–water partition coefficient (Wildman–Crippen LogP) is 0.264. The highest BCUT2D eigenvalue weighted by Gasteiger charge is 2.49. The molecule has 0 saturated carbocycles. The van der Waals surface area contributed by atoms with Crippen molar-refractivity contribution in [3.63, 3.8) is 0 Å². The second kappa shape index (κ2) is 32.4. The van der Waals surface area contributed by atoms with Gasteiger partial charge in [0.2, 0.25) is 41.4 Å². The molecule has 3 aliphatic rings. The lowest BCUT2D eigenvalue weighted by Gasteiger charge is -2.34. The minimum atomic E-state index is -2.26. The van der Waals surface area contributed by atoms with Gasteiger partial charge in [0.25, 0.3) is 0 Å². The van der Waals surface area contributed by atoms with E-state index in [9.17, 15) is 84.3 Å². The number of hydrogen-bond donors (Lipinski definition) is 14. The van der Waals surface area contributed by atoms with E-state index >= 15 is 0 Å². The van der Waals surface area contributed by atoms with Crippen molar-refractivity contribution >= 4 is 58.9 Å². The van der Waals surface area contributed by atoms with Crippen molar-refractivity contribution in [2.45, 2.75) is 207 Å². The summed E-state index contributed by atoms with van der Waals surface area (Å²) in [5.74, 6) is -10.2. The fourth-order valence-corrected chi connectivity index (χ4v) is 12.2. The number of methoxy groups -OCH3 is 1. The van der Waals surface area contributed by atoms with Gasteiger partial charge >= 0.3 is 0 Å². The highest BCUT2D eigenvalue weighted by Crippen LogP contribution is 2.37. The SMILES string of the molecule is CCC(C)CC(C)CCCCCCCCC(=O)N[C@H]1C[C@@H](O)[C@@H](Sc2ccc(O)cc2OC)NC(=O)[C@@H]2[C@@H](O)CCN2C(=O)[C@H]([C@H](O)CC(N)=O)NC(=O)[C@H]([C@H](O)[C@@H](O)c2ccc(O)cc2)CC(=O)[C@@H]2C[C@@H](O)CN2C(=O)[C@H]([C@@H](C)O)NC1=O. The fraction of sp³-hybridized carbons (Fsp3) is 0.655. The molecule has 5 rings (SSSR count). The number of aliphatic hydroxyl groups is 7. The molecule has 3 heterocycles. The van der Waals surface area contributed by atoms with E-state index < -0.39 is 170 Å². The van der Waals surface area contributed by atoms with Gasteiger partial charge in [-0.25, -0.2) is 0 Å². The van der Waals surface area contributed by atoms with Crippen LogP contribution in [0.5, 0.6) is 17.2 Å². The third-order valence-corrected chi connectivity index (χ3v) is 17.3. The quantitative estimate of drug-likeness (QED) is 0.0664. The lowest BCUT2D eigenvalue weighted by atomic mass is 9.86. The number of nitrogens with zero attached hydrogens (tertiary/aromatic N) is 2. The maximum absolute atomic E-state index is 14.8. The summed E-state index contributed by atoms with van der Waals surface area (Å²) in [5.41, 5.74) is 5.36. The van der Waals surface area contributed by atoms with Crippen molar-refractivity contribution in [2.75, 3.05) is 20.2 Å². The minimum absolute atomic E-state index is 0.0448. The summed E-state index contributed by atoms with van der Waals surface area (Å²) >= 11 is 0.730. The zero-order valence-corrected chi connectivity index (χ0v) is 49.2. The van der Waals surface area contributed by atoms with Gasteiger partial charge in [0.05, 0.1) is 67.0 Å². The van der Waals surface area contributed by atoms with Gasteiger partial charge in [0.1, 0.15) is 52.9 Å². The number of aromatic hydroxyl groups is 2. The summed E-state index contributed by atoms with van der Waals surface area (Å²) < 4.78 is 5.47. The van der Waals surface area contributed by atoms with Gasteiger partial charge < -0.3 is 87.5 Å². The van der Waals surface area contributed by atoms with Crippen LogP contribution in [0.2, 0.25) is 0 Å². The van der Waals surface area contributed by atoms with Crippen LogP contribution in [0.25, 0.3) is 0 Å². The summed E-state index contributed by atoms with van der Waals surface area (Å²) in [5, 5.41) is 109. The molecule has 15 N–H and O–H groups in total. The van der Waals surface area contributed by atoms with E-state index in [0.29, 0.717) is 24.7 Å². The molecular weight excluding hydrogens is 1110 g/mol. The van der Waals surface area contributed by atoms with Crippen molar-refractivity contribution in [2.24, 2.45) is 23.5 Å². The first-order valence-corrected chi connectivity index (χ1v) is 29.8. The Morgan fingerprint density at radius 3 is 2.05 bits per heavy atom. The number of nitrogens with two attached hydrogens (primary N) is 1. The zero-order valence-electron chi connectivity index (χ0n) is 48.4. The smallest absolute Gasteiger partial charge is 0.248 e. The third-order valence-electron chi connectivity index (χ3n) is 16.0. The van der Waals surface area contributed by atoms with Gasteiger partial charge in [0.15, 0.2) is 5.78 Å². The van der Waals surface area contributed by atoms with E-state index in [0.717, 1.165) is 79.1 Å². The molecule has 16 atom stereocenters. The molecule has 7 amide bonds. The molecule has 468 valence electrons. The standard InChI is InChI=1S/C58H87N7O18S/c1-6-30(2)23-31(3)13-11-9-7-8-10-12-14-47(75)60-38-27-43(73)56(84-45-20-19-35(68)25-44(45)83-5)63-55(80)50-40(70)21-22-64(50)58(82)49(42(72)28-46(59)74)62-53(78)37(52(77)51(76)33-15-17-34(67)18-16-33)26-41(71)39-24-36(69)29-65(39)57(81)48(32(4)66)61-54(38)79/h15-20,25,30-32,36-40,42-43,48-52,56,66-70,72-73,76-77H,6-14,21-24,26-29H2,1-5H3,(H2,59,74)(H,60,75)(H,61,79)(H,62,78)(H,63,80)/t30?,31?,32-,36-,37+,38+,39+,40+,42-,43-,48+,49+,50+,51+,52+,56-/m1/s1. The van der Waals surface area contributed by atoms with E-state index in [1.807, 2.05) is 0 Å². The largest absolute Gasteiger partial charge is 0.508 e. The summed E-state index contributed by atoms with van der Waals surface area (Å²) in [6.07, 6.45) is -8.33. The van der Waals surface area contributed by atoms with Crippen molar-refractivity contribution in [1.29, 1.82) is 0 Å². The number of rotatable bonds is 23. The molecule has 2 unspecified atom stereocenters. The van der Waals surface area contributed by atoms with Crippen LogP contribution in [-0.2, 0) is 38.4 Å². The van der Waals surface area contributed by atoms with E-state index in [1.165, 1.54) is 43.9 Å². The van der Waals surface area contributed by atoms with Gasteiger partial charge in [-0.3, -0.25) is 38.4 Å². The number of benzene rings is 2. The Bertz CT molecular complexity index is 2560. The second-order valence-electron chi connectivity index (χ2n) is 22.8. The van der Waals surface area contributed by atoms with Crippen LogP contribution in [0.3, 0.4) is 0 Å². The molecule has 0 radical (unpaired) electrons. The molecule has 0 aliphatic carbocycles. The Hall–Kier alpha value is -6.13. The highest BCUT2D eigenvalue weighted by molar-refractivity contribution is 8.00. The number of hydrogen-bond acceptors (Lipinski definition) is 19. The van der Waals surface area contributed by atoms with Crippen LogP contribution in [0, 0.1) is 17.8 Å². The van der Waals surface area contributed by atoms with E-state index in [-0.39, 0.29) is 40.5 Å². The number of phenols is 2. The Kier molecular flexibility index (Phi) is 26.5. The zero-order chi connectivity index (χ0) is 62.1.